The van der Waals surface area contributed by atoms with Crippen molar-refractivity contribution in [3.05, 3.63) is 35.9 Å². The molecule has 11 heteroatoms. The number of carboxylic acid groups (broad SMARTS) is 1. The molecule has 1 saturated carbocycles. The number of carboxylic acids is 1. The van der Waals surface area contributed by atoms with Crippen LogP contribution in [0.3, 0.4) is 0 Å². The van der Waals surface area contributed by atoms with Gasteiger partial charge >= 0.3 is 12.1 Å². The third-order valence-electron chi connectivity index (χ3n) is 5.49. The first-order valence-corrected chi connectivity index (χ1v) is 10.6. The van der Waals surface area contributed by atoms with Gasteiger partial charge < -0.3 is 19.5 Å². The summed E-state index contributed by atoms with van der Waals surface area (Å²) in [7, 11) is 0. The Kier molecular flexibility index (Phi) is 6.68. The number of alkyl halides is 3. The zero-order chi connectivity index (χ0) is 23.6. The molecule has 1 aliphatic carbocycles. The zero-order valence-electron chi connectivity index (χ0n) is 17.6. The highest BCUT2D eigenvalue weighted by atomic mass is 19.4. The normalized spacial score (nSPS) is 17.3. The Morgan fingerprint density at radius 1 is 1.18 bits per heavy atom. The summed E-state index contributed by atoms with van der Waals surface area (Å²) in [5, 5.41) is 9.25. The molecule has 1 saturated heterocycles. The number of aliphatic carboxylic acids is 1. The van der Waals surface area contributed by atoms with Crippen LogP contribution >= 0.6 is 0 Å². The van der Waals surface area contributed by atoms with E-state index in [1.54, 1.807) is 6.07 Å². The number of rotatable bonds is 8. The predicted molar refractivity (Wildman–Crippen MR) is 109 cm³/mol. The van der Waals surface area contributed by atoms with Gasteiger partial charge in [-0.15, -0.1) is 0 Å². The van der Waals surface area contributed by atoms with E-state index < -0.39 is 37.1 Å². The summed E-state index contributed by atoms with van der Waals surface area (Å²) < 4.78 is 62.1. The van der Waals surface area contributed by atoms with Crippen molar-refractivity contribution in [1.82, 2.24) is 9.97 Å². The summed E-state index contributed by atoms with van der Waals surface area (Å²) in [6, 6.07) is 4.46. The molecule has 1 aromatic carbocycles. The highest BCUT2D eigenvalue weighted by Crippen LogP contribution is 2.34. The number of hydrogen-bond acceptors (Lipinski definition) is 6. The molecule has 1 aliphatic heterocycles. The number of piperidine rings is 1. The van der Waals surface area contributed by atoms with Crippen LogP contribution in [0.15, 0.2) is 24.4 Å². The second kappa shape index (κ2) is 9.50. The van der Waals surface area contributed by atoms with Gasteiger partial charge in [0.25, 0.3) is 0 Å². The molecule has 2 heterocycles. The van der Waals surface area contributed by atoms with Gasteiger partial charge in [0.15, 0.2) is 17.4 Å². The molecule has 178 valence electrons. The summed E-state index contributed by atoms with van der Waals surface area (Å²) in [5.41, 5.74) is 0.967. The van der Waals surface area contributed by atoms with Crippen LogP contribution in [0.4, 0.5) is 23.4 Å². The number of benzene rings is 1. The molecule has 7 nitrogen and oxygen atoms in total. The average Bonchev–Trinajstić information content (AvgIpc) is 3.58. The molecule has 2 aromatic rings. The van der Waals surface area contributed by atoms with Crippen LogP contribution in [0.1, 0.15) is 31.4 Å². The van der Waals surface area contributed by atoms with Gasteiger partial charge in [-0.2, -0.15) is 13.2 Å². The fourth-order valence-corrected chi connectivity index (χ4v) is 3.63. The summed E-state index contributed by atoms with van der Waals surface area (Å²) in [4.78, 5) is 21.9. The van der Waals surface area contributed by atoms with Crippen molar-refractivity contribution >= 4 is 11.8 Å². The molecule has 2 fully saturated rings. The van der Waals surface area contributed by atoms with Crippen LogP contribution in [-0.4, -0.2) is 53.0 Å². The maximum Gasteiger partial charge on any atom is 0.411 e. The number of carbonyl (C=O) groups is 1. The highest BCUT2D eigenvalue weighted by Gasteiger charge is 2.29. The van der Waals surface area contributed by atoms with Gasteiger partial charge in [-0.3, -0.25) is 9.78 Å². The van der Waals surface area contributed by atoms with Gasteiger partial charge in [0.2, 0.25) is 0 Å². The topological polar surface area (TPSA) is 84.8 Å². The van der Waals surface area contributed by atoms with Gasteiger partial charge in [0.1, 0.15) is 12.3 Å². The second-order valence-corrected chi connectivity index (χ2v) is 8.20. The van der Waals surface area contributed by atoms with Crippen molar-refractivity contribution in [1.29, 1.82) is 0 Å². The van der Waals surface area contributed by atoms with Gasteiger partial charge in [-0.05, 0) is 43.9 Å². The van der Waals surface area contributed by atoms with Crippen LogP contribution < -0.4 is 9.64 Å². The Labute approximate surface area is 187 Å². The minimum Gasteiger partial charge on any atom is -0.487 e. The lowest BCUT2D eigenvalue weighted by molar-refractivity contribution is -0.176. The van der Waals surface area contributed by atoms with Crippen molar-refractivity contribution in [3.8, 4) is 17.0 Å². The lowest BCUT2D eigenvalue weighted by atomic mass is 9.97. The number of halogens is 4. The van der Waals surface area contributed by atoms with Crippen LogP contribution in [0.25, 0.3) is 11.3 Å². The minimum absolute atomic E-state index is 0.0345. The Hall–Kier alpha value is -2.95. The highest BCUT2D eigenvalue weighted by molar-refractivity contribution is 5.74. The van der Waals surface area contributed by atoms with Crippen LogP contribution in [0, 0.1) is 11.7 Å². The monoisotopic (exact) mass is 469 g/mol. The molecular weight excluding hydrogens is 446 g/mol. The van der Waals surface area contributed by atoms with E-state index in [2.05, 4.69) is 9.97 Å². The molecule has 0 spiro atoms. The summed E-state index contributed by atoms with van der Waals surface area (Å²) in [6.45, 7) is -1.06. The van der Waals surface area contributed by atoms with Crippen LogP contribution in [0.2, 0.25) is 0 Å². The average molecular weight is 469 g/mol. The Morgan fingerprint density at radius 2 is 1.91 bits per heavy atom. The molecule has 0 bridgehead atoms. The third kappa shape index (κ3) is 6.10. The maximum absolute atomic E-state index is 14.6. The van der Waals surface area contributed by atoms with E-state index in [0.29, 0.717) is 43.0 Å². The molecule has 33 heavy (non-hydrogen) atoms. The first-order valence-electron chi connectivity index (χ1n) is 10.6. The number of anilines is 1. The third-order valence-corrected chi connectivity index (χ3v) is 5.49. The van der Waals surface area contributed by atoms with Crippen molar-refractivity contribution in [3.63, 3.8) is 0 Å². The molecule has 2 aliphatic rings. The van der Waals surface area contributed by atoms with Gasteiger partial charge in [-0.1, -0.05) is 0 Å². The molecule has 0 amide bonds. The Bertz CT molecular complexity index is 1010. The number of aromatic nitrogens is 2. The Morgan fingerprint density at radius 3 is 2.52 bits per heavy atom. The predicted octanol–water partition coefficient (Wildman–Crippen LogP) is 4.20. The van der Waals surface area contributed by atoms with Crippen molar-refractivity contribution < 1.29 is 36.9 Å². The zero-order valence-corrected chi connectivity index (χ0v) is 17.6. The lowest BCUT2D eigenvalue weighted by Gasteiger charge is -2.32. The Balaban J connectivity index is 1.59. The van der Waals surface area contributed by atoms with Gasteiger partial charge in [0, 0.05) is 18.7 Å². The van der Waals surface area contributed by atoms with E-state index in [0.717, 1.165) is 12.8 Å². The summed E-state index contributed by atoms with van der Waals surface area (Å²) >= 11 is 0. The number of ether oxygens (including phenoxy) is 2. The minimum atomic E-state index is -4.46. The standard InChI is InChI=1S/C22H23F4N3O4/c23-17-9-14(1-4-18(17)33-16-2-3-16)19-20(29-7-5-13(6-8-29)21(30)31)28-15(10-27-19)11-32-12-22(24,25)26/h1,4,9-10,13,16H,2-3,5-8,11-12H2,(H,30,31). The van der Waals surface area contributed by atoms with E-state index in [-0.39, 0.29) is 17.5 Å². The fourth-order valence-electron chi connectivity index (χ4n) is 3.63. The number of nitrogens with zero attached hydrogens (tertiary/aromatic N) is 3. The SMILES string of the molecule is O=C(O)C1CCN(c2nc(COCC(F)(F)F)cnc2-c2ccc(OC3CC3)c(F)c2)CC1. The fraction of sp³-hybridized carbons (Fsp3) is 0.500. The van der Waals surface area contributed by atoms with E-state index >= 15 is 0 Å². The summed E-state index contributed by atoms with van der Waals surface area (Å²) in [5.74, 6) is -1.40. The quantitative estimate of drug-likeness (QED) is 0.580. The van der Waals surface area contributed by atoms with Gasteiger partial charge in [0.05, 0.1) is 30.5 Å². The largest absolute Gasteiger partial charge is 0.487 e. The first kappa shape index (κ1) is 23.2. The first-order chi connectivity index (χ1) is 15.7. The maximum atomic E-state index is 14.6. The van der Waals surface area contributed by atoms with E-state index in [1.807, 2.05) is 4.90 Å². The van der Waals surface area contributed by atoms with Crippen molar-refractivity contribution in [2.45, 2.75) is 44.6 Å². The molecular formula is C22H23F4N3O4. The van der Waals surface area contributed by atoms with Crippen molar-refractivity contribution in [2.24, 2.45) is 5.92 Å². The number of hydrogen-bond donors (Lipinski definition) is 1. The van der Waals surface area contributed by atoms with E-state index in [1.165, 1.54) is 18.3 Å². The van der Waals surface area contributed by atoms with Crippen LogP contribution in [0.5, 0.6) is 5.75 Å². The van der Waals surface area contributed by atoms with Gasteiger partial charge in [-0.25, -0.2) is 9.37 Å². The molecule has 0 radical (unpaired) electrons. The lowest BCUT2D eigenvalue weighted by Crippen LogP contribution is -2.37. The smallest absolute Gasteiger partial charge is 0.411 e. The molecule has 0 unspecified atom stereocenters. The molecule has 1 aromatic heterocycles. The van der Waals surface area contributed by atoms with Crippen molar-refractivity contribution in [2.75, 3.05) is 24.6 Å². The summed E-state index contributed by atoms with van der Waals surface area (Å²) in [6.07, 6.45) is -0.585. The second-order valence-electron chi connectivity index (χ2n) is 8.20. The van der Waals surface area contributed by atoms with E-state index in [4.69, 9.17) is 9.47 Å². The molecule has 1 N–H and O–H groups in total. The van der Waals surface area contributed by atoms with Crippen LogP contribution in [-0.2, 0) is 16.1 Å². The van der Waals surface area contributed by atoms with E-state index in [9.17, 15) is 27.5 Å². The molecule has 0 atom stereocenters. The molecule has 4 rings (SSSR count).